The second-order valence-corrected chi connectivity index (χ2v) is 7.74. The Balaban J connectivity index is 1.68. The average Bonchev–Trinajstić information content (AvgIpc) is 3.43. The number of nitrogens with one attached hydrogen (secondary N) is 1. The molecule has 3 aromatic rings. The SMILES string of the molecule is N#CCN(c1ccnc(-c2c[nH]c3ncc(Cl)cc23)n1)C1(C(=O)CCC(F)(F)F)CC1. The zero-order valence-corrected chi connectivity index (χ0v) is 16.8. The summed E-state index contributed by atoms with van der Waals surface area (Å²) in [7, 11) is 0. The zero-order valence-electron chi connectivity index (χ0n) is 16.1. The number of rotatable bonds is 7. The summed E-state index contributed by atoms with van der Waals surface area (Å²) in [4.78, 5) is 30.1. The van der Waals surface area contributed by atoms with Gasteiger partial charge >= 0.3 is 6.18 Å². The molecule has 0 aliphatic heterocycles. The van der Waals surface area contributed by atoms with Crippen molar-refractivity contribution >= 4 is 34.2 Å². The molecule has 0 bridgehead atoms. The Morgan fingerprint density at radius 1 is 1.35 bits per heavy atom. The van der Waals surface area contributed by atoms with Crippen LogP contribution in [0.25, 0.3) is 22.4 Å². The molecule has 0 aromatic carbocycles. The summed E-state index contributed by atoms with van der Waals surface area (Å²) < 4.78 is 37.8. The van der Waals surface area contributed by atoms with Gasteiger partial charge in [0.2, 0.25) is 0 Å². The van der Waals surface area contributed by atoms with Crippen LogP contribution in [0.15, 0.2) is 30.7 Å². The van der Waals surface area contributed by atoms with Gasteiger partial charge in [-0.05, 0) is 25.0 Å². The van der Waals surface area contributed by atoms with Crippen LogP contribution < -0.4 is 4.90 Å². The minimum atomic E-state index is -4.42. The first-order chi connectivity index (χ1) is 14.7. The minimum Gasteiger partial charge on any atom is -0.345 e. The number of hydrogen-bond donors (Lipinski definition) is 1. The molecule has 0 unspecified atom stereocenters. The molecule has 1 aliphatic carbocycles. The Labute approximate surface area is 179 Å². The van der Waals surface area contributed by atoms with E-state index in [-0.39, 0.29) is 6.54 Å². The van der Waals surface area contributed by atoms with Crippen LogP contribution >= 0.6 is 11.6 Å². The number of fused-ring (bicyclic) bond motifs is 1. The van der Waals surface area contributed by atoms with Gasteiger partial charge in [-0.25, -0.2) is 15.0 Å². The molecule has 1 aliphatic rings. The summed E-state index contributed by atoms with van der Waals surface area (Å²) >= 11 is 6.04. The van der Waals surface area contributed by atoms with Crippen LogP contribution in [0.1, 0.15) is 25.7 Å². The fourth-order valence-corrected chi connectivity index (χ4v) is 3.78. The number of anilines is 1. The number of aromatic nitrogens is 4. The normalized spacial score (nSPS) is 14.9. The van der Waals surface area contributed by atoms with E-state index >= 15 is 0 Å². The van der Waals surface area contributed by atoms with Gasteiger partial charge in [0, 0.05) is 36.0 Å². The molecule has 0 saturated heterocycles. The van der Waals surface area contributed by atoms with E-state index in [2.05, 4.69) is 19.9 Å². The lowest BCUT2D eigenvalue weighted by Gasteiger charge is -2.30. The molecule has 7 nitrogen and oxygen atoms in total. The van der Waals surface area contributed by atoms with Crippen LogP contribution in [0.2, 0.25) is 5.02 Å². The van der Waals surface area contributed by atoms with E-state index in [1.807, 2.05) is 6.07 Å². The third-order valence-electron chi connectivity index (χ3n) is 5.28. The fraction of sp³-hybridized carbons (Fsp3) is 0.350. The number of hydrogen-bond acceptors (Lipinski definition) is 6. The number of H-pyrrole nitrogens is 1. The number of pyridine rings is 1. The smallest absolute Gasteiger partial charge is 0.345 e. The zero-order chi connectivity index (χ0) is 22.2. The summed E-state index contributed by atoms with van der Waals surface area (Å²) in [6.07, 6.45) is -0.840. The lowest BCUT2D eigenvalue weighted by molar-refractivity contribution is -0.144. The van der Waals surface area contributed by atoms with Crippen molar-refractivity contribution in [3.8, 4) is 17.5 Å². The number of nitrogens with zero attached hydrogens (tertiary/aromatic N) is 5. The first kappa shape index (κ1) is 21.1. The summed E-state index contributed by atoms with van der Waals surface area (Å²) in [5, 5.41) is 10.4. The number of ketones is 1. The molecule has 0 radical (unpaired) electrons. The number of alkyl halides is 3. The highest BCUT2D eigenvalue weighted by Crippen LogP contribution is 2.46. The maximum atomic E-state index is 12.7. The van der Waals surface area contributed by atoms with Crippen LogP contribution in [-0.2, 0) is 4.79 Å². The maximum absolute atomic E-state index is 12.7. The van der Waals surface area contributed by atoms with Crippen molar-refractivity contribution in [2.24, 2.45) is 0 Å². The van der Waals surface area contributed by atoms with Gasteiger partial charge in [-0.2, -0.15) is 18.4 Å². The molecular formula is C20H16ClF3N6O. The maximum Gasteiger partial charge on any atom is 0.389 e. The predicted octanol–water partition coefficient (Wildman–Crippen LogP) is 4.45. The van der Waals surface area contributed by atoms with Gasteiger partial charge in [-0.15, -0.1) is 0 Å². The second-order valence-electron chi connectivity index (χ2n) is 7.30. The van der Waals surface area contributed by atoms with Crippen LogP contribution in [0.5, 0.6) is 0 Å². The van der Waals surface area contributed by atoms with E-state index in [1.54, 1.807) is 12.3 Å². The number of nitriles is 1. The van der Waals surface area contributed by atoms with Crippen molar-refractivity contribution in [2.45, 2.75) is 37.4 Å². The fourth-order valence-electron chi connectivity index (χ4n) is 3.62. The summed E-state index contributed by atoms with van der Waals surface area (Å²) in [6.45, 7) is -0.185. The Bertz CT molecular complexity index is 1180. The highest BCUT2D eigenvalue weighted by molar-refractivity contribution is 6.31. The third kappa shape index (κ3) is 4.18. The van der Waals surface area contributed by atoms with Crippen LogP contribution in [0, 0.1) is 11.3 Å². The molecule has 0 spiro atoms. The summed E-state index contributed by atoms with van der Waals surface area (Å²) in [5.74, 6) is 0.0753. The summed E-state index contributed by atoms with van der Waals surface area (Å²) in [5.41, 5.74) is 0.0674. The molecule has 3 heterocycles. The first-order valence-corrected chi connectivity index (χ1v) is 9.82. The molecule has 4 rings (SSSR count). The third-order valence-corrected chi connectivity index (χ3v) is 5.49. The molecule has 3 aromatic heterocycles. The lowest BCUT2D eigenvalue weighted by Crippen LogP contribution is -2.45. The largest absolute Gasteiger partial charge is 0.389 e. The number of Topliss-reactive ketones (excluding diaryl/α,β-unsaturated/α-hetero) is 1. The quantitative estimate of drug-likeness (QED) is 0.536. The van der Waals surface area contributed by atoms with Gasteiger partial charge in [0.05, 0.1) is 17.5 Å². The lowest BCUT2D eigenvalue weighted by atomic mass is 10.0. The van der Waals surface area contributed by atoms with Crippen molar-refractivity contribution in [1.82, 2.24) is 19.9 Å². The molecular weight excluding hydrogens is 433 g/mol. The first-order valence-electron chi connectivity index (χ1n) is 9.44. The number of carbonyl (C=O) groups is 1. The molecule has 1 saturated carbocycles. The highest BCUT2D eigenvalue weighted by atomic mass is 35.5. The Hall–Kier alpha value is -3.19. The minimum absolute atomic E-state index is 0.185. The van der Waals surface area contributed by atoms with Gasteiger partial charge in [0.1, 0.15) is 23.5 Å². The Kier molecular flexibility index (Phi) is 5.31. The monoisotopic (exact) mass is 448 g/mol. The molecule has 31 heavy (non-hydrogen) atoms. The second kappa shape index (κ2) is 7.81. The molecule has 0 atom stereocenters. The van der Waals surface area contributed by atoms with Gasteiger partial charge in [-0.1, -0.05) is 11.6 Å². The van der Waals surface area contributed by atoms with E-state index in [0.717, 1.165) is 0 Å². The van der Waals surface area contributed by atoms with Crippen molar-refractivity contribution in [3.63, 3.8) is 0 Å². The number of carbonyl (C=O) groups excluding carboxylic acids is 1. The van der Waals surface area contributed by atoms with Crippen molar-refractivity contribution in [3.05, 3.63) is 35.7 Å². The van der Waals surface area contributed by atoms with E-state index < -0.39 is 30.3 Å². The predicted molar refractivity (Wildman–Crippen MR) is 107 cm³/mol. The van der Waals surface area contributed by atoms with Crippen LogP contribution in [0.4, 0.5) is 19.0 Å². The number of halogens is 4. The van der Waals surface area contributed by atoms with E-state index in [9.17, 15) is 23.2 Å². The highest BCUT2D eigenvalue weighted by Gasteiger charge is 2.55. The van der Waals surface area contributed by atoms with Crippen molar-refractivity contribution in [1.29, 1.82) is 5.26 Å². The summed E-state index contributed by atoms with van der Waals surface area (Å²) in [6, 6.07) is 5.24. The molecule has 11 heteroatoms. The van der Waals surface area contributed by atoms with E-state index in [4.69, 9.17) is 11.6 Å². The molecule has 160 valence electrons. The molecule has 1 fully saturated rings. The van der Waals surface area contributed by atoms with Gasteiger partial charge in [0.15, 0.2) is 11.6 Å². The van der Waals surface area contributed by atoms with Gasteiger partial charge < -0.3 is 9.88 Å². The van der Waals surface area contributed by atoms with Crippen molar-refractivity contribution < 1.29 is 18.0 Å². The Morgan fingerprint density at radius 2 is 2.13 bits per heavy atom. The Morgan fingerprint density at radius 3 is 2.81 bits per heavy atom. The van der Waals surface area contributed by atoms with E-state index in [0.29, 0.717) is 46.1 Å². The number of aromatic amines is 1. The van der Waals surface area contributed by atoms with Gasteiger partial charge in [-0.3, -0.25) is 4.79 Å². The van der Waals surface area contributed by atoms with Crippen LogP contribution in [0.3, 0.4) is 0 Å². The average molecular weight is 449 g/mol. The van der Waals surface area contributed by atoms with E-state index in [1.165, 1.54) is 23.4 Å². The van der Waals surface area contributed by atoms with Crippen molar-refractivity contribution in [2.75, 3.05) is 11.4 Å². The van der Waals surface area contributed by atoms with Crippen LogP contribution in [-0.4, -0.2) is 44.0 Å². The standard InChI is InChI=1S/C20H16ClF3N6O/c21-12-9-13-14(11-28-17(13)27-10-12)18-26-7-2-16(29-18)30(8-6-25)19(4-5-19)15(31)1-3-20(22,23)24/h2,7,9-11H,1,3-5,8H2,(H,27,28). The molecule has 0 amide bonds. The molecule has 1 N–H and O–H groups in total. The topological polar surface area (TPSA) is 98.6 Å². The van der Waals surface area contributed by atoms with Gasteiger partial charge in [0.25, 0.3) is 0 Å².